The molecule has 0 aromatic heterocycles. The molecule has 0 saturated carbocycles. The molecular formula is C52H85NO8. The Morgan fingerprint density at radius 2 is 0.885 bits per heavy atom. The van der Waals surface area contributed by atoms with Crippen LogP contribution in [-0.4, -0.2) is 82.3 Å². The summed E-state index contributed by atoms with van der Waals surface area (Å²) in [4.78, 5) is 37.0. The number of rotatable bonds is 41. The van der Waals surface area contributed by atoms with Gasteiger partial charge in [0.1, 0.15) is 13.2 Å². The Morgan fingerprint density at radius 3 is 1.31 bits per heavy atom. The fourth-order valence-corrected chi connectivity index (χ4v) is 5.75. The molecule has 0 aromatic carbocycles. The Bertz CT molecular complexity index is 1320. The number of quaternary nitrogens is 1. The number of aliphatic carboxylic acids is 1. The molecule has 2 atom stereocenters. The van der Waals surface area contributed by atoms with Crippen molar-refractivity contribution in [3.05, 3.63) is 97.2 Å². The van der Waals surface area contributed by atoms with Crippen LogP contribution in [0.1, 0.15) is 155 Å². The lowest BCUT2D eigenvalue weighted by Gasteiger charge is -2.26. The summed E-state index contributed by atoms with van der Waals surface area (Å²) < 4.78 is 22.5. The maximum atomic E-state index is 12.8. The first-order valence-electron chi connectivity index (χ1n) is 23.4. The van der Waals surface area contributed by atoms with Gasteiger partial charge in [-0.15, -0.1) is 0 Å². The van der Waals surface area contributed by atoms with Gasteiger partial charge in [-0.25, -0.2) is 0 Å². The quantitative estimate of drug-likeness (QED) is 0.0197. The van der Waals surface area contributed by atoms with Gasteiger partial charge in [0.25, 0.3) is 0 Å². The molecule has 0 bridgehead atoms. The van der Waals surface area contributed by atoms with E-state index in [0.717, 1.165) is 116 Å². The van der Waals surface area contributed by atoms with Gasteiger partial charge < -0.3 is 33.3 Å². The van der Waals surface area contributed by atoms with Crippen molar-refractivity contribution in [2.45, 2.75) is 167 Å². The van der Waals surface area contributed by atoms with Gasteiger partial charge in [0.05, 0.1) is 40.3 Å². The van der Waals surface area contributed by atoms with Crippen LogP contribution in [-0.2, 0) is 33.3 Å². The number of ether oxygens (including phenoxy) is 4. The highest BCUT2D eigenvalue weighted by Gasteiger charge is 2.21. The van der Waals surface area contributed by atoms with Crippen LogP contribution in [0.25, 0.3) is 0 Å². The highest BCUT2D eigenvalue weighted by molar-refractivity contribution is 5.70. The summed E-state index contributed by atoms with van der Waals surface area (Å²) in [5.74, 6) is -2.35. The standard InChI is InChI=1S/C52H85NO8/c1-6-8-10-12-14-16-18-20-22-23-24-25-26-27-29-31-33-35-37-39-41-43-50(55)61-48(47-60-52(51(56)57)58-45-44-53(3,4)5)46-59-49(54)42-40-38-36-34-32-30-28-21-19-17-15-13-11-9-7-2/h8-11,14-17,20-22,24-25,27-29,48,52H,6-7,12-13,18-19,23,26,30-47H2,1-5H3/b10-8-,11-9-,16-14-,17-15-,22-20-,25-24-,28-21-,29-27-. The van der Waals surface area contributed by atoms with Crippen LogP contribution in [0, 0.1) is 0 Å². The summed E-state index contributed by atoms with van der Waals surface area (Å²) in [6.45, 7) is 4.44. The second kappa shape index (κ2) is 42.9. The van der Waals surface area contributed by atoms with Crippen LogP contribution in [0.2, 0.25) is 0 Å². The molecule has 9 heteroatoms. The zero-order valence-corrected chi connectivity index (χ0v) is 39.0. The second-order valence-electron chi connectivity index (χ2n) is 16.3. The molecule has 0 spiro atoms. The van der Waals surface area contributed by atoms with Gasteiger partial charge in [-0.2, -0.15) is 0 Å². The van der Waals surface area contributed by atoms with Gasteiger partial charge in [-0.05, 0) is 89.9 Å². The van der Waals surface area contributed by atoms with Crippen LogP contribution in [0.15, 0.2) is 97.2 Å². The van der Waals surface area contributed by atoms with Crippen molar-refractivity contribution < 1.29 is 42.9 Å². The number of unbranched alkanes of at least 4 members (excludes halogenated alkanes) is 10. The third-order valence-electron chi connectivity index (χ3n) is 9.33. The number of likely N-dealkylation sites (N-methyl/N-ethyl adjacent to an activating group) is 1. The number of carbonyl (C=O) groups excluding carboxylic acids is 3. The molecule has 2 unspecified atom stereocenters. The van der Waals surface area contributed by atoms with E-state index in [9.17, 15) is 19.5 Å². The minimum absolute atomic E-state index is 0.135. The number of nitrogens with zero attached hydrogens (tertiary/aromatic N) is 1. The van der Waals surface area contributed by atoms with Crippen molar-refractivity contribution >= 4 is 17.9 Å². The summed E-state index contributed by atoms with van der Waals surface area (Å²) in [6.07, 6.45) is 52.9. The van der Waals surface area contributed by atoms with Crippen LogP contribution in [0.4, 0.5) is 0 Å². The summed E-state index contributed by atoms with van der Waals surface area (Å²) in [7, 11) is 5.88. The molecule has 0 radical (unpaired) electrons. The van der Waals surface area contributed by atoms with Gasteiger partial charge in [-0.3, -0.25) is 9.59 Å². The number of carboxylic acids is 1. The molecular weight excluding hydrogens is 767 g/mol. The van der Waals surface area contributed by atoms with Crippen molar-refractivity contribution in [2.24, 2.45) is 0 Å². The van der Waals surface area contributed by atoms with E-state index in [2.05, 4.69) is 111 Å². The van der Waals surface area contributed by atoms with Crippen molar-refractivity contribution in [2.75, 3.05) is 47.5 Å². The molecule has 0 aliphatic rings. The summed E-state index contributed by atoms with van der Waals surface area (Å²) in [5, 5.41) is 11.7. The molecule has 0 aliphatic heterocycles. The maximum Gasteiger partial charge on any atom is 0.306 e. The van der Waals surface area contributed by atoms with E-state index in [1.807, 2.05) is 21.1 Å². The lowest BCUT2D eigenvalue weighted by Crippen LogP contribution is -2.44. The van der Waals surface area contributed by atoms with Crippen LogP contribution >= 0.6 is 0 Å². The predicted octanol–water partition coefficient (Wildman–Crippen LogP) is 11.3. The van der Waals surface area contributed by atoms with Crippen LogP contribution in [0.5, 0.6) is 0 Å². The fourth-order valence-electron chi connectivity index (χ4n) is 5.75. The average Bonchev–Trinajstić information content (AvgIpc) is 3.22. The number of carboxylic acid groups (broad SMARTS) is 1. The first-order valence-corrected chi connectivity index (χ1v) is 23.4. The molecule has 346 valence electrons. The zero-order chi connectivity index (χ0) is 44.9. The molecule has 61 heavy (non-hydrogen) atoms. The van der Waals surface area contributed by atoms with Crippen molar-refractivity contribution in [1.29, 1.82) is 0 Å². The lowest BCUT2D eigenvalue weighted by atomic mass is 10.1. The number of esters is 2. The highest BCUT2D eigenvalue weighted by atomic mass is 16.7. The first kappa shape index (κ1) is 57.2. The van der Waals surface area contributed by atoms with Gasteiger partial charge in [0.2, 0.25) is 0 Å². The fraction of sp³-hybridized carbons (Fsp3) is 0.635. The van der Waals surface area contributed by atoms with Gasteiger partial charge >= 0.3 is 11.9 Å². The normalized spacial score (nSPS) is 13.8. The molecule has 0 amide bonds. The summed E-state index contributed by atoms with van der Waals surface area (Å²) >= 11 is 0. The largest absolute Gasteiger partial charge is 0.545 e. The van der Waals surface area contributed by atoms with Crippen LogP contribution < -0.4 is 5.11 Å². The van der Waals surface area contributed by atoms with Crippen molar-refractivity contribution in [3.63, 3.8) is 0 Å². The van der Waals surface area contributed by atoms with E-state index in [-0.39, 0.29) is 38.6 Å². The number of allylic oxidation sites excluding steroid dienone is 16. The molecule has 0 saturated heterocycles. The van der Waals surface area contributed by atoms with E-state index in [4.69, 9.17) is 18.9 Å². The minimum Gasteiger partial charge on any atom is -0.545 e. The Morgan fingerprint density at radius 1 is 0.492 bits per heavy atom. The van der Waals surface area contributed by atoms with Crippen molar-refractivity contribution in [3.8, 4) is 0 Å². The van der Waals surface area contributed by atoms with Gasteiger partial charge in [-0.1, -0.05) is 150 Å². The van der Waals surface area contributed by atoms with E-state index in [1.54, 1.807) is 0 Å². The third kappa shape index (κ3) is 44.1. The monoisotopic (exact) mass is 852 g/mol. The Balaban J connectivity index is 4.49. The summed E-state index contributed by atoms with van der Waals surface area (Å²) in [6, 6.07) is 0. The number of carbonyl (C=O) groups is 3. The Labute approximate surface area is 372 Å². The topological polar surface area (TPSA) is 111 Å². The van der Waals surface area contributed by atoms with E-state index in [1.165, 1.54) is 0 Å². The van der Waals surface area contributed by atoms with E-state index >= 15 is 0 Å². The first-order chi connectivity index (χ1) is 29.6. The van der Waals surface area contributed by atoms with E-state index < -0.39 is 24.3 Å². The summed E-state index contributed by atoms with van der Waals surface area (Å²) in [5.41, 5.74) is 0. The van der Waals surface area contributed by atoms with E-state index in [0.29, 0.717) is 23.9 Å². The molecule has 0 N–H and O–H groups in total. The smallest absolute Gasteiger partial charge is 0.306 e. The molecule has 0 rings (SSSR count). The zero-order valence-electron chi connectivity index (χ0n) is 39.0. The maximum absolute atomic E-state index is 12.8. The minimum atomic E-state index is -1.64. The Kier molecular flexibility index (Phi) is 40.2. The average molecular weight is 852 g/mol. The predicted molar refractivity (Wildman–Crippen MR) is 250 cm³/mol. The van der Waals surface area contributed by atoms with Crippen molar-refractivity contribution in [1.82, 2.24) is 0 Å². The SMILES string of the molecule is CC/C=C\C/C=C\C/C=C\C/C=C\C/C=C\CCCCCCCC(=O)OC(COC(=O)CCCCCCC/C=C\C/C=C\C/C=C\CC)COC(OCC[N+](C)(C)C)C(=O)[O-]. The lowest BCUT2D eigenvalue weighted by molar-refractivity contribution is -0.870. The van der Waals surface area contributed by atoms with Gasteiger partial charge in [0, 0.05) is 12.8 Å². The molecule has 0 heterocycles. The molecule has 0 fully saturated rings. The van der Waals surface area contributed by atoms with Crippen LogP contribution in [0.3, 0.4) is 0 Å². The molecule has 0 aromatic rings. The number of hydrogen-bond donors (Lipinski definition) is 0. The second-order valence-corrected chi connectivity index (χ2v) is 16.3. The highest BCUT2D eigenvalue weighted by Crippen LogP contribution is 2.12. The van der Waals surface area contributed by atoms with Gasteiger partial charge in [0.15, 0.2) is 12.4 Å². The molecule has 0 aliphatic carbocycles. The molecule has 9 nitrogen and oxygen atoms in total. The third-order valence-corrected chi connectivity index (χ3v) is 9.33. The Hall–Kier alpha value is -3.79. The number of hydrogen-bond acceptors (Lipinski definition) is 8.